The minimum absolute atomic E-state index is 0.0265. The van der Waals surface area contributed by atoms with E-state index in [-0.39, 0.29) is 11.4 Å². The highest BCUT2D eigenvalue weighted by molar-refractivity contribution is 9.10. The number of hydrogen-bond donors (Lipinski definition) is 1. The van der Waals surface area contributed by atoms with Crippen LogP contribution < -0.4 is 5.32 Å². The zero-order valence-corrected chi connectivity index (χ0v) is 12.5. The first kappa shape index (κ1) is 14.9. The molecule has 0 bridgehead atoms. The van der Waals surface area contributed by atoms with E-state index >= 15 is 0 Å². The van der Waals surface area contributed by atoms with Crippen LogP contribution in [0.3, 0.4) is 0 Å². The first-order chi connectivity index (χ1) is 8.00. The summed E-state index contributed by atoms with van der Waals surface area (Å²) in [6, 6.07) is 5.13. The van der Waals surface area contributed by atoms with Crippen molar-refractivity contribution in [3.8, 4) is 0 Å². The van der Waals surface area contributed by atoms with Gasteiger partial charge < -0.3 is 5.32 Å². The van der Waals surface area contributed by atoms with Crippen molar-refractivity contribution >= 4 is 27.5 Å². The molecule has 1 aromatic carbocycles. The Hall–Kier alpha value is -0.120. The summed E-state index contributed by atoms with van der Waals surface area (Å²) in [4.78, 5) is 0. The van der Waals surface area contributed by atoms with Crippen molar-refractivity contribution < 1.29 is 4.39 Å². The summed E-state index contributed by atoms with van der Waals surface area (Å²) in [5.41, 5.74) is 0.656. The van der Waals surface area contributed by atoms with Gasteiger partial charge in [-0.3, -0.25) is 0 Å². The van der Waals surface area contributed by atoms with E-state index in [0.29, 0.717) is 18.0 Å². The second-order valence-electron chi connectivity index (χ2n) is 4.44. The van der Waals surface area contributed by atoms with Crippen molar-refractivity contribution in [2.45, 2.75) is 38.8 Å². The van der Waals surface area contributed by atoms with Crippen molar-refractivity contribution in [3.05, 3.63) is 34.1 Å². The van der Waals surface area contributed by atoms with E-state index in [1.807, 2.05) is 6.07 Å². The quantitative estimate of drug-likeness (QED) is 0.762. The van der Waals surface area contributed by atoms with Crippen molar-refractivity contribution in [1.29, 1.82) is 0 Å². The molecule has 0 fully saturated rings. The predicted octanol–water partition coefficient (Wildman–Crippen LogP) is 4.48. The maximum Gasteiger partial charge on any atom is 0.128 e. The van der Waals surface area contributed by atoms with E-state index in [2.05, 4.69) is 35.1 Å². The molecule has 0 spiro atoms. The zero-order chi connectivity index (χ0) is 12.9. The van der Waals surface area contributed by atoms with Gasteiger partial charge in [0.15, 0.2) is 0 Å². The summed E-state index contributed by atoms with van der Waals surface area (Å²) in [7, 11) is 0. The molecule has 1 rings (SSSR count). The molecular formula is C13H18BrClFN. The molecule has 0 aliphatic heterocycles. The molecule has 96 valence electrons. The van der Waals surface area contributed by atoms with E-state index < -0.39 is 0 Å². The summed E-state index contributed by atoms with van der Waals surface area (Å²) >= 11 is 9.03. The Balaban J connectivity index is 2.65. The maximum atomic E-state index is 13.6. The van der Waals surface area contributed by atoms with Crippen molar-refractivity contribution in [2.75, 3.05) is 5.88 Å². The number of halogens is 3. The number of rotatable bonds is 6. The summed E-state index contributed by atoms with van der Waals surface area (Å²) in [6.07, 6.45) is 1.85. The second kappa shape index (κ2) is 6.72. The van der Waals surface area contributed by atoms with Gasteiger partial charge in [-0.2, -0.15) is 0 Å². The Labute approximate surface area is 116 Å². The SMILES string of the molecule is CCC(C)(CCCl)NCc1ccc(Br)cc1F. The molecule has 17 heavy (non-hydrogen) atoms. The largest absolute Gasteiger partial charge is 0.307 e. The third-order valence-electron chi connectivity index (χ3n) is 3.15. The molecule has 0 heterocycles. The highest BCUT2D eigenvalue weighted by Crippen LogP contribution is 2.19. The summed E-state index contributed by atoms with van der Waals surface area (Å²) in [6.45, 7) is 4.75. The molecule has 0 aromatic heterocycles. The van der Waals surface area contributed by atoms with Crippen LogP contribution in [0.1, 0.15) is 32.3 Å². The summed E-state index contributed by atoms with van der Waals surface area (Å²) in [5.74, 6) is 0.427. The fourth-order valence-electron chi connectivity index (χ4n) is 1.57. The molecule has 1 unspecified atom stereocenters. The molecule has 1 N–H and O–H groups in total. The molecule has 0 saturated heterocycles. The molecule has 0 radical (unpaired) electrons. The summed E-state index contributed by atoms with van der Waals surface area (Å²) < 4.78 is 14.4. The smallest absolute Gasteiger partial charge is 0.128 e. The number of hydrogen-bond acceptors (Lipinski definition) is 1. The third kappa shape index (κ3) is 4.57. The van der Waals surface area contributed by atoms with Crippen LogP contribution in [0.5, 0.6) is 0 Å². The van der Waals surface area contributed by atoms with Crippen LogP contribution in [-0.2, 0) is 6.54 Å². The minimum atomic E-state index is -0.184. The van der Waals surface area contributed by atoms with Crippen molar-refractivity contribution in [3.63, 3.8) is 0 Å². The highest BCUT2D eigenvalue weighted by atomic mass is 79.9. The molecule has 1 atom stereocenters. The van der Waals surface area contributed by atoms with Gasteiger partial charge in [0.2, 0.25) is 0 Å². The third-order valence-corrected chi connectivity index (χ3v) is 3.83. The lowest BCUT2D eigenvalue weighted by atomic mass is 9.95. The molecule has 4 heteroatoms. The fourth-order valence-corrected chi connectivity index (χ4v) is 2.32. The van der Waals surface area contributed by atoms with Gasteiger partial charge in [0.05, 0.1) is 0 Å². The van der Waals surface area contributed by atoms with Crippen molar-refractivity contribution in [2.24, 2.45) is 0 Å². The monoisotopic (exact) mass is 321 g/mol. The first-order valence-corrected chi connectivity index (χ1v) is 7.08. The second-order valence-corrected chi connectivity index (χ2v) is 5.74. The van der Waals surface area contributed by atoms with Gasteiger partial charge in [-0.05, 0) is 31.9 Å². The van der Waals surface area contributed by atoms with Gasteiger partial charge in [0.1, 0.15) is 5.82 Å². The molecular weight excluding hydrogens is 305 g/mol. The van der Waals surface area contributed by atoms with Gasteiger partial charge in [0, 0.05) is 28.0 Å². The lowest BCUT2D eigenvalue weighted by Gasteiger charge is -2.29. The number of alkyl halides is 1. The van der Waals surface area contributed by atoms with E-state index in [1.165, 1.54) is 6.07 Å². The van der Waals surface area contributed by atoms with Crippen LogP contribution in [0.2, 0.25) is 0 Å². The van der Waals surface area contributed by atoms with Crippen LogP contribution >= 0.6 is 27.5 Å². The molecule has 1 nitrogen and oxygen atoms in total. The lowest BCUT2D eigenvalue weighted by Crippen LogP contribution is -2.41. The normalized spacial score (nSPS) is 14.6. The Morgan fingerprint density at radius 2 is 2.18 bits per heavy atom. The number of nitrogens with one attached hydrogen (secondary N) is 1. The molecule has 0 saturated carbocycles. The fraction of sp³-hybridized carbons (Fsp3) is 0.538. The molecule has 0 aliphatic rings. The van der Waals surface area contributed by atoms with Crippen LogP contribution in [-0.4, -0.2) is 11.4 Å². The Bertz CT molecular complexity index is 372. The van der Waals surface area contributed by atoms with Crippen LogP contribution in [0, 0.1) is 5.82 Å². The van der Waals surface area contributed by atoms with Gasteiger partial charge in [-0.25, -0.2) is 4.39 Å². The Morgan fingerprint density at radius 3 is 2.71 bits per heavy atom. The average Bonchev–Trinajstić information content (AvgIpc) is 2.28. The van der Waals surface area contributed by atoms with E-state index in [4.69, 9.17) is 11.6 Å². The Morgan fingerprint density at radius 1 is 1.47 bits per heavy atom. The van der Waals surface area contributed by atoms with Gasteiger partial charge >= 0.3 is 0 Å². The lowest BCUT2D eigenvalue weighted by molar-refractivity contribution is 0.328. The summed E-state index contributed by atoms with van der Waals surface area (Å²) in [5, 5.41) is 3.38. The standard InChI is InChI=1S/C13H18BrClFN/c1-3-13(2,6-7-15)17-9-10-4-5-11(14)8-12(10)16/h4-5,8,17H,3,6-7,9H2,1-2H3. The highest BCUT2D eigenvalue weighted by Gasteiger charge is 2.20. The topological polar surface area (TPSA) is 12.0 Å². The van der Waals surface area contributed by atoms with Gasteiger partial charge in [-0.1, -0.05) is 28.9 Å². The maximum absolute atomic E-state index is 13.6. The zero-order valence-electron chi connectivity index (χ0n) is 10.2. The molecule has 0 amide bonds. The average molecular weight is 323 g/mol. The van der Waals surface area contributed by atoms with E-state index in [0.717, 1.165) is 17.3 Å². The molecule has 0 aliphatic carbocycles. The van der Waals surface area contributed by atoms with E-state index in [1.54, 1.807) is 6.07 Å². The van der Waals surface area contributed by atoms with Crippen LogP contribution in [0.15, 0.2) is 22.7 Å². The Kier molecular flexibility index (Phi) is 5.90. The van der Waals surface area contributed by atoms with Gasteiger partial charge in [0.25, 0.3) is 0 Å². The van der Waals surface area contributed by atoms with Crippen LogP contribution in [0.4, 0.5) is 4.39 Å². The van der Waals surface area contributed by atoms with E-state index in [9.17, 15) is 4.39 Å². The van der Waals surface area contributed by atoms with Crippen LogP contribution in [0.25, 0.3) is 0 Å². The van der Waals surface area contributed by atoms with Crippen molar-refractivity contribution in [1.82, 2.24) is 5.32 Å². The minimum Gasteiger partial charge on any atom is -0.307 e. The molecule has 1 aromatic rings. The first-order valence-electron chi connectivity index (χ1n) is 5.75. The predicted molar refractivity (Wildman–Crippen MR) is 75.0 cm³/mol. The number of benzene rings is 1. The van der Waals surface area contributed by atoms with Gasteiger partial charge in [-0.15, -0.1) is 11.6 Å².